The van der Waals surface area contributed by atoms with Gasteiger partial charge in [-0.15, -0.1) is 0 Å². The number of ether oxygens (including phenoxy) is 1. The second-order valence-electron chi connectivity index (χ2n) is 7.76. The van der Waals surface area contributed by atoms with Crippen LogP contribution in [0.2, 0.25) is 0 Å². The maximum Gasteiger partial charge on any atom is 0.264 e. The Bertz CT molecular complexity index is 1120. The number of nitrogens with zero attached hydrogens (tertiary/aromatic N) is 1. The second-order valence-corrected chi connectivity index (χ2v) is 9.62. The van der Waals surface area contributed by atoms with Crippen LogP contribution < -0.4 is 14.4 Å². The molecule has 3 rings (SSSR count). The molecule has 0 unspecified atom stereocenters. The molecule has 0 spiro atoms. The van der Waals surface area contributed by atoms with Gasteiger partial charge in [-0.3, -0.25) is 9.10 Å². The molecule has 0 saturated heterocycles. The lowest BCUT2D eigenvalue weighted by molar-refractivity contribution is -0.123. The standard InChI is InChI=1S/C26H30N2O4S/c1-3-28(33(30,31)25-12-8-5-9-13-25)23-16-18-24(19-17-23)32-20-26(29)27-21(2)14-15-22-10-6-4-7-11-22/h4-13,16-19,21H,3,14-15,20H2,1-2H3,(H,27,29)/t21-/m0/s1. The molecule has 1 amide bonds. The molecule has 0 bridgehead atoms. The second kappa shape index (κ2) is 11.5. The SMILES string of the molecule is CCN(c1ccc(OCC(=O)N[C@@H](C)CCc2ccccc2)cc1)S(=O)(=O)c1ccccc1. The van der Waals surface area contributed by atoms with E-state index in [9.17, 15) is 13.2 Å². The van der Waals surface area contributed by atoms with E-state index in [1.165, 1.54) is 9.87 Å². The molecule has 6 nitrogen and oxygen atoms in total. The van der Waals surface area contributed by atoms with Gasteiger partial charge in [0.05, 0.1) is 10.6 Å². The average Bonchev–Trinajstić information content (AvgIpc) is 2.84. The minimum Gasteiger partial charge on any atom is -0.484 e. The Morgan fingerprint density at radius 3 is 2.15 bits per heavy atom. The highest BCUT2D eigenvalue weighted by molar-refractivity contribution is 7.92. The van der Waals surface area contributed by atoms with Crippen LogP contribution in [0.1, 0.15) is 25.8 Å². The van der Waals surface area contributed by atoms with Gasteiger partial charge in [-0.05, 0) is 68.7 Å². The van der Waals surface area contributed by atoms with E-state index in [0.29, 0.717) is 18.0 Å². The van der Waals surface area contributed by atoms with E-state index in [1.807, 2.05) is 25.1 Å². The summed E-state index contributed by atoms with van der Waals surface area (Å²) in [5.74, 6) is 0.306. The summed E-state index contributed by atoms with van der Waals surface area (Å²) < 4.78 is 32.8. The van der Waals surface area contributed by atoms with Gasteiger partial charge in [0.2, 0.25) is 0 Å². The fourth-order valence-corrected chi connectivity index (χ4v) is 4.98. The molecular weight excluding hydrogens is 436 g/mol. The van der Waals surface area contributed by atoms with Crippen LogP contribution in [0.5, 0.6) is 5.75 Å². The molecule has 1 atom stereocenters. The maximum absolute atomic E-state index is 13.0. The topological polar surface area (TPSA) is 75.7 Å². The van der Waals surface area contributed by atoms with Crippen molar-refractivity contribution >= 4 is 21.6 Å². The number of anilines is 1. The van der Waals surface area contributed by atoms with Crippen molar-refractivity contribution in [1.82, 2.24) is 5.32 Å². The van der Waals surface area contributed by atoms with Gasteiger partial charge >= 0.3 is 0 Å². The predicted octanol–water partition coefficient (Wildman–Crippen LogP) is 4.42. The smallest absolute Gasteiger partial charge is 0.264 e. The van der Waals surface area contributed by atoms with Crippen LogP contribution >= 0.6 is 0 Å². The summed E-state index contributed by atoms with van der Waals surface area (Å²) in [6.07, 6.45) is 1.73. The van der Waals surface area contributed by atoms with E-state index in [0.717, 1.165) is 12.8 Å². The van der Waals surface area contributed by atoms with Crippen molar-refractivity contribution in [3.8, 4) is 5.75 Å². The van der Waals surface area contributed by atoms with Crippen molar-refractivity contribution in [3.05, 3.63) is 90.5 Å². The Balaban J connectivity index is 1.52. The predicted molar refractivity (Wildman–Crippen MR) is 131 cm³/mol. The normalized spacial score (nSPS) is 12.1. The number of rotatable bonds is 11. The zero-order valence-electron chi connectivity index (χ0n) is 19.0. The van der Waals surface area contributed by atoms with Crippen molar-refractivity contribution in [1.29, 1.82) is 0 Å². The molecule has 0 fully saturated rings. The summed E-state index contributed by atoms with van der Waals surface area (Å²) >= 11 is 0. The fourth-order valence-electron chi connectivity index (χ4n) is 3.49. The van der Waals surface area contributed by atoms with Crippen LogP contribution in [0.3, 0.4) is 0 Å². The molecular formula is C26H30N2O4S. The number of amides is 1. The monoisotopic (exact) mass is 466 g/mol. The number of carbonyl (C=O) groups excluding carboxylic acids is 1. The van der Waals surface area contributed by atoms with Crippen molar-refractivity contribution in [2.75, 3.05) is 17.5 Å². The quantitative estimate of drug-likeness (QED) is 0.454. The van der Waals surface area contributed by atoms with Crippen molar-refractivity contribution in [2.45, 2.75) is 37.6 Å². The van der Waals surface area contributed by atoms with Crippen LogP contribution in [0.15, 0.2) is 89.8 Å². The third kappa shape index (κ3) is 6.83. The van der Waals surface area contributed by atoms with E-state index in [-0.39, 0.29) is 23.5 Å². The molecule has 0 aliphatic carbocycles. The summed E-state index contributed by atoms with van der Waals surface area (Å²) in [5, 5.41) is 2.95. The van der Waals surface area contributed by atoms with Gasteiger partial charge in [0, 0.05) is 12.6 Å². The van der Waals surface area contributed by atoms with Crippen LogP contribution in [0, 0.1) is 0 Å². The van der Waals surface area contributed by atoms with Gasteiger partial charge in [0.1, 0.15) is 5.75 Å². The van der Waals surface area contributed by atoms with Crippen molar-refractivity contribution in [2.24, 2.45) is 0 Å². The average molecular weight is 467 g/mol. The third-order valence-corrected chi connectivity index (χ3v) is 7.15. The zero-order chi connectivity index (χ0) is 23.7. The summed E-state index contributed by atoms with van der Waals surface area (Å²) in [4.78, 5) is 12.5. The van der Waals surface area contributed by atoms with Gasteiger partial charge in [-0.1, -0.05) is 48.5 Å². The Morgan fingerprint density at radius 2 is 1.55 bits per heavy atom. The molecule has 0 heterocycles. The summed E-state index contributed by atoms with van der Waals surface area (Å²) in [7, 11) is -3.65. The Kier molecular flexibility index (Phi) is 8.49. The van der Waals surface area contributed by atoms with Crippen LogP contribution in [0.4, 0.5) is 5.69 Å². The van der Waals surface area contributed by atoms with E-state index < -0.39 is 10.0 Å². The number of hydrogen-bond acceptors (Lipinski definition) is 4. The molecule has 0 aromatic heterocycles. The molecule has 0 saturated carbocycles. The number of nitrogens with one attached hydrogen (secondary N) is 1. The van der Waals surface area contributed by atoms with E-state index in [1.54, 1.807) is 61.5 Å². The first-order valence-corrected chi connectivity index (χ1v) is 12.5. The van der Waals surface area contributed by atoms with Crippen LogP contribution in [0.25, 0.3) is 0 Å². The van der Waals surface area contributed by atoms with Gasteiger partial charge in [-0.25, -0.2) is 8.42 Å². The maximum atomic E-state index is 13.0. The largest absolute Gasteiger partial charge is 0.484 e. The lowest BCUT2D eigenvalue weighted by Gasteiger charge is -2.23. The highest BCUT2D eigenvalue weighted by atomic mass is 32.2. The minimum absolute atomic E-state index is 0.0324. The van der Waals surface area contributed by atoms with Gasteiger partial charge in [0.25, 0.3) is 15.9 Å². The fraction of sp³-hybridized carbons (Fsp3) is 0.269. The molecule has 0 radical (unpaired) electrons. The number of sulfonamides is 1. The molecule has 0 aliphatic heterocycles. The number of aryl methyl sites for hydroxylation is 1. The lowest BCUT2D eigenvalue weighted by atomic mass is 10.1. The molecule has 7 heteroatoms. The number of carbonyl (C=O) groups is 1. The first kappa shape index (κ1) is 24.3. The van der Waals surface area contributed by atoms with E-state index in [4.69, 9.17) is 4.74 Å². The Hall–Kier alpha value is -3.32. The highest BCUT2D eigenvalue weighted by Crippen LogP contribution is 2.25. The van der Waals surface area contributed by atoms with E-state index >= 15 is 0 Å². The Labute approximate surface area is 196 Å². The number of hydrogen-bond donors (Lipinski definition) is 1. The van der Waals surface area contributed by atoms with Crippen LogP contribution in [-0.4, -0.2) is 33.5 Å². The molecule has 3 aromatic rings. The molecule has 3 aromatic carbocycles. The first-order valence-electron chi connectivity index (χ1n) is 11.0. The van der Waals surface area contributed by atoms with Crippen molar-refractivity contribution in [3.63, 3.8) is 0 Å². The first-order chi connectivity index (χ1) is 15.9. The third-order valence-electron chi connectivity index (χ3n) is 5.23. The minimum atomic E-state index is -3.65. The molecule has 174 valence electrons. The summed E-state index contributed by atoms with van der Waals surface area (Å²) in [6.45, 7) is 3.95. The van der Waals surface area contributed by atoms with Crippen LogP contribution in [-0.2, 0) is 21.2 Å². The molecule has 33 heavy (non-hydrogen) atoms. The van der Waals surface area contributed by atoms with E-state index in [2.05, 4.69) is 17.4 Å². The zero-order valence-corrected chi connectivity index (χ0v) is 19.8. The lowest BCUT2D eigenvalue weighted by Crippen LogP contribution is -2.36. The summed E-state index contributed by atoms with van der Waals surface area (Å²) in [6, 6.07) is 25.2. The van der Waals surface area contributed by atoms with Crippen molar-refractivity contribution < 1.29 is 17.9 Å². The summed E-state index contributed by atoms with van der Waals surface area (Å²) in [5.41, 5.74) is 1.78. The number of benzene rings is 3. The van der Waals surface area contributed by atoms with Gasteiger partial charge in [-0.2, -0.15) is 0 Å². The molecule has 1 N–H and O–H groups in total. The van der Waals surface area contributed by atoms with Gasteiger partial charge < -0.3 is 10.1 Å². The van der Waals surface area contributed by atoms with Gasteiger partial charge in [0.15, 0.2) is 6.61 Å². The Morgan fingerprint density at radius 1 is 0.939 bits per heavy atom. The molecule has 0 aliphatic rings. The highest BCUT2D eigenvalue weighted by Gasteiger charge is 2.23.